The van der Waals surface area contributed by atoms with Gasteiger partial charge in [0, 0.05) is 12.1 Å². The first-order valence-corrected chi connectivity index (χ1v) is 6.46. The van der Waals surface area contributed by atoms with Crippen LogP contribution in [0.25, 0.3) is 0 Å². The fourth-order valence-electron chi connectivity index (χ4n) is 1.96. The summed E-state index contributed by atoms with van der Waals surface area (Å²) < 4.78 is 4.97. The number of hydrogen-bond donors (Lipinski definition) is 1. The van der Waals surface area contributed by atoms with Gasteiger partial charge < -0.3 is 10.5 Å². The number of aromatic nitrogens is 2. The molecule has 100 valence electrons. The molecule has 0 bridgehead atoms. The Hall–Kier alpha value is -1.94. The lowest BCUT2D eigenvalue weighted by Gasteiger charge is -2.10. The smallest absolute Gasteiger partial charge is 0.233 e. The molecule has 1 heterocycles. The Balaban J connectivity index is 1.82. The zero-order valence-corrected chi connectivity index (χ0v) is 11.1. The zero-order chi connectivity index (χ0) is 13.5. The molecule has 1 unspecified atom stereocenters. The molecule has 0 aliphatic rings. The molecule has 19 heavy (non-hydrogen) atoms. The summed E-state index contributed by atoms with van der Waals surface area (Å²) in [5.41, 5.74) is 8.26. The predicted molar refractivity (Wildman–Crippen MR) is 74.9 cm³/mol. The van der Waals surface area contributed by atoms with E-state index in [0.717, 1.165) is 25.0 Å². The van der Waals surface area contributed by atoms with Gasteiger partial charge in [-0.15, -0.1) is 5.10 Å². The molecule has 4 nitrogen and oxygen atoms in total. The van der Waals surface area contributed by atoms with E-state index in [1.807, 2.05) is 12.1 Å². The highest BCUT2D eigenvalue weighted by atomic mass is 16.5. The van der Waals surface area contributed by atoms with E-state index in [2.05, 4.69) is 34.5 Å². The summed E-state index contributed by atoms with van der Waals surface area (Å²) >= 11 is 0. The summed E-state index contributed by atoms with van der Waals surface area (Å²) in [6, 6.07) is 14.0. The topological polar surface area (TPSA) is 61.0 Å². The second-order valence-corrected chi connectivity index (χ2v) is 4.48. The van der Waals surface area contributed by atoms with E-state index in [9.17, 15) is 0 Å². The van der Waals surface area contributed by atoms with Crippen LogP contribution in [0.2, 0.25) is 0 Å². The number of aryl methyl sites for hydroxylation is 1. The molecule has 0 radical (unpaired) electrons. The molecule has 0 saturated carbocycles. The Morgan fingerprint density at radius 1 is 1.11 bits per heavy atom. The Morgan fingerprint density at radius 3 is 2.53 bits per heavy atom. The first-order valence-electron chi connectivity index (χ1n) is 6.46. The molecule has 4 heteroatoms. The Kier molecular flexibility index (Phi) is 4.86. The highest BCUT2D eigenvalue weighted by Gasteiger charge is 2.08. The Labute approximate surface area is 113 Å². The summed E-state index contributed by atoms with van der Waals surface area (Å²) in [7, 11) is 1.57. The second kappa shape index (κ2) is 6.85. The maximum absolute atomic E-state index is 6.11. The molecule has 1 aromatic heterocycles. The number of rotatable bonds is 6. The van der Waals surface area contributed by atoms with Crippen LogP contribution in [0, 0.1) is 0 Å². The minimum atomic E-state index is -0.0675. The summed E-state index contributed by atoms with van der Waals surface area (Å²) in [6.07, 6.45) is 2.98. The SMILES string of the molecule is COc1ccc(C(N)CCCc2ccccc2)nn1. The molecule has 0 aliphatic heterocycles. The van der Waals surface area contributed by atoms with E-state index in [1.165, 1.54) is 5.56 Å². The third kappa shape index (κ3) is 4.03. The van der Waals surface area contributed by atoms with Gasteiger partial charge in [0.05, 0.1) is 12.8 Å². The highest BCUT2D eigenvalue weighted by molar-refractivity contribution is 5.15. The largest absolute Gasteiger partial charge is 0.480 e. The van der Waals surface area contributed by atoms with Gasteiger partial charge in [-0.2, -0.15) is 5.10 Å². The summed E-state index contributed by atoms with van der Waals surface area (Å²) in [6.45, 7) is 0. The van der Waals surface area contributed by atoms with Crippen LogP contribution < -0.4 is 10.5 Å². The van der Waals surface area contributed by atoms with Gasteiger partial charge in [0.2, 0.25) is 5.88 Å². The van der Waals surface area contributed by atoms with Crippen LogP contribution in [-0.4, -0.2) is 17.3 Å². The van der Waals surface area contributed by atoms with Crippen LogP contribution in [-0.2, 0) is 6.42 Å². The van der Waals surface area contributed by atoms with E-state index < -0.39 is 0 Å². The van der Waals surface area contributed by atoms with Gasteiger partial charge in [-0.25, -0.2) is 0 Å². The van der Waals surface area contributed by atoms with Crippen LogP contribution in [0.4, 0.5) is 0 Å². The molecule has 1 aromatic carbocycles. The molecule has 0 fully saturated rings. The van der Waals surface area contributed by atoms with E-state index in [-0.39, 0.29) is 6.04 Å². The number of nitrogens with two attached hydrogens (primary N) is 1. The van der Waals surface area contributed by atoms with Crippen molar-refractivity contribution in [2.24, 2.45) is 5.73 Å². The Bertz CT molecular complexity index is 485. The maximum Gasteiger partial charge on any atom is 0.233 e. The minimum absolute atomic E-state index is 0.0675. The molecular weight excluding hydrogens is 238 g/mol. The van der Waals surface area contributed by atoms with Crippen molar-refractivity contribution in [1.82, 2.24) is 10.2 Å². The molecule has 2 rings (SSSR count). The van der Waals surface area contributed by atoms with Crippen LogP contribution in [0.5, 0.6) is 5.88 Å². The summed E-state index contributed by atoms with van der Waals surface area (Å²) in [5, 5.41) is 8.01. The van der Waals surface area contributed by atoms with Crippen LogP contribution in [0.3, 0.4) is 0 Å². The van der Waals surface area contributed by atoms with Gasteiger partial charge >= 0.3 is 0 Å². The van der Waals surface area contributed by atoms with Crippen molar-refractivity contribution < 1.29 is 4.74 Å². The lowest BCUT2D eigenvalue weighted by molar-refractivity contribution is 0.390. The fraction of sp³-hybridized carbons (Fsp3) is 0.333. The van der Waals surface area contributed by atoms with Gasteiger partial charge in [-0.3, -0.25) is 0 Å². The molecule has 2 N–H and O–H groups in total. The van der Waals surface area contributed by atoms with E-state index in [4.69, 9.17) is 10.5 Å². The molecule has 2 aromatic rings. The standard InChI is InChI=1S/C15H19N3O/c1-19-15-11-10-14(17-18-15)13(16)9-5-8-12-6-3-2-4-7-12/h2-4,6-7,10-11,13H,5,8-9,16H2,1H3. The third-order valence-corrected chi connectivity index (χ3v) is 3.07. The highest BCUT2D eigenvalue weighted by Crippen LogP contribution is 2.16. The van der Waals surface area contributed by atoms with Gasteiger partial charge in [-0.1, -0.05) is 30.3 Å². The van der Waals surface area contributed by atoms with Gasteiger partial charge in [0.15, 0.2) is 0 Å². The normalized spacial score (nSPS) is 12.1. The molecule has 0 saturated heterocycles. The molecule has 0 amide bonds. The molecule has 1 atom stereocenters. The Morgan fingerprint density at radius 2 is 1.89 bits per heavy atom. The van der Waals surface area contributed by atoms with Crippen molar-refractivity contribution in [2.45, 2.75) is 25.3 Å². The quantitative estimate of drug-likeness (QED) is 0.863. The van der Waals surface area contributed by atoms with E-state index in [0.29, 0.717) is 5.88 Å². The molecular formula is C15H19N3O. The number of nitrogens with zero attached hydrogens (tertiary/aromatic N) is 2. The van der Waals surface area contributed by atoms with Crippen molar-refractivity contribution in [3.05, 3.63) is 53.7 Å². The van der Waals surface area contributed by atoms with Crippen molar-refractivity contribution in [2.75, 3.05) is 7.11 Å². The number of hydrogen-bond acceptors (Lipinski definition) is 4. The maximum atomic E-state index is 6.11. The zero-order valence-electron chi connectivity index (χ0n) is 11.1. The lowest BCUT2D eigenvalue weighted by Crippen LogP contribution is -2.13. The average Bonchev–Trinajstić information content (AvgIpc) is 2.48. The van der Waals surface area contributed by atoms with Crippen LogP contribution in [0.15, 0.2) is 42.5 Å². The predicted octanol–water partition coefficient (Wildman–Crippen LogP) is 2.51. The van der Waals surface area contributed by atoms with Gasteiger partial charge in [0.25, 0.3) is 0 Å². The third-order valence-electron chi connectivity index (χ3n) is 3.07. The van der Waals surface area contributed by atoms with Gasteiger partial charge in [0.1, 0.15) is 0 Å². The van der Waals surface area contributed by atoms with E-state index >= 15 is 0 Å². The number of ether oxygens (including phenoxy) is 1. The number of methoxy groups -OCH3 is 1. The lowest BCUT2D eigenvalue weighted by atomic mass is 10.0. The first-order chi connectivity index (χ1) is 9.29. The van der Waals surface area contributed by atoms with Crippen LogP contribution >= 0.6 is 0 Å². The van der Waals surface area contributed by atoms with Gasteiger partial charge in [-0.05, 0) is 30.9 Å². The van der Waals surface area contributed by atoms with Crippen LogP contribution in [0.1, 0.15) is 30.1 Å². The summed E-state index contributed by atoms with van der Waals surface area (Å²) in [4.78, 5) is 0. The fourth-order valence-corrected chi connectivity index (χ4v) is 1.96. The van der Waals surface area contributed by atoms with Crippen molar-refractivity contribution in [1.29, 1.82) is 0 Å². The first kappa shape index (κ1) is 13.5. The van der Waals surface area contributed by atoms with Crippen molar-refractivity contribution >= 4 is 0 Å². The number of benzene rings is 1. The summed E-state index contributed by atoms with van der Waals surface area (Å²) in [5.74, 6) is 0.514. The molecule has 0 spiro atoms. The van der Waals surface area contributed by atoms with Crippen molar-refractivity contribution in [3.63, 3.8) is 0 Å². The minimum Gasteiger partial charge on any atom is -0.480 e. The van der Waals surface area contributed by atoms with E-state index in [1.54, 1.807) is 13.2 Å². The average molecular weight is 257 g/mol. The monoisotopic (exact) mass is 257 g/mol. The van der Waals surface area contributed by atoms with Crippen molar-refractivity contribution in [3.8, 4) is 5.88 Å². The molecule has 0 aliphatic carbocycles. The second-order valence-electron chi connectivity index (χ2n) is 4.48.